The lowest BCUT2D eigenvalue weighted by molar-refractivity contribution is -0.306. The molecule has 1 aromatic carbocycles. The van der Waals surface area contributed by atoms with Crippen LogP contribution in [0.5, 0.6) is 0 Å². The third-order valence-electron chi connectivity index (χ3n) is 2.44. The number of hydrogen-bond donors (Lipinski definition) is 0. The van der Waals surface area contributed by atoms with Crippen LogP contribution in [-0.2, 0) is 4.79 Å². The molecule has 0 bridgehead atoms. The Bertz CT molecular complexity index is 531. The Morgan fingerprint density at radius 1 is 1.29 bits per heavy atom. The Kier molecular flexibility index (Phi) is 3.35. The van der Waals surface area contributed by atoms with Crippen molar-refractivity contribution in [2.75, 3.05) is 0 Å². The summed E-state index contributed by atoms with van der Waals surface area (Å²) in [5, 5.41) is 13.0. The Balaban J connectivity index is 2.46. The van der Waals surface area contributed by atoms with Crippen molar-refractivity contribution in [1.82, 2.24) is 0 Å². The molecule has 1 unspecified atom stereocenters. The van der Waals surface area contributed by atoms with Gasteiger partial charge in [0.25, 0.3) is 0 Å². The van der Waals surface area contributed by atoms with Crippen LogP contribution in [0.3, 0.4) is 0 Å². The summed E-state index contributed by atoms with van der Waals surface area (Å²) in [5.74, 6) is -1.97. The average Bonchev–Trinajstić information content (AvgIpc) is 2.83. The van der Waals surface area contributed by atoms with Crippen LogP contribution in [0, 0.1) is 0 Å². The van der Waals surface area contributed by atoms with Gasteiger partial charge < -0.3 is 9.90 Å². The van der Waals surface area contributed by atoms with E-state index in [0.29, 0.717) is 22.3 Å². The molecule has 0 saturated carbocycles. The van der Waals surface area contributed by atoms with Crippen LogP contribution < -0.4 is 5.11 Å². The molecule has 0 spiro atoms. The monoisotopic (exact) mass is 245 g/mol. The zero-order chi connectivity index (χ0) is 12.3. The lowest BCUT2D eigenvalue weighted by Crippen LogP contribution is -2.30. The number of carboxylic acid groups (broad SMARTS) is 1. The van der Waals surface area contributed by atoms with Gasteiger partial charge in [-0.1, -0.05) is 24.3 Å². The van der Waals surface area contributed by atoms with E-state index in [1.54, 1.807) is 36.4 Å². The number of benzene rings is 1. The van der Waals surface area contributed by atoms with E-state index in [0.717, 1.165) is 0 Å². The number of hydrogen-bond acceptors (Lipinski definition) is 4. The number of aliphatic carboxylic acids is 1. The molecule has 1 atom stereocenters. The Morgan fingerprint density at radius 3 is 2.71 bits per heavy atom. The maximum Gasteiger partial charge on any atom is 0.150 e. The van der Waals surface area contributed by atoms with Crippen molar-refractivity contribution in [3.63, 3.8) is 0 Å². The number of thiophene rings is 1. The number of aldehydes is 1. The predicted molar refractivity (Wildman–Crippen MR) is 63.0 cm³/mol. The van der Waals surface area contributed by atoms with E-state index in [1.807, 2.05) is 5.38 Å². The van der Waals surface area contributed by atoms with Crippen LogP contribution in [0.15, 0.2) is 41.8 Å². The topological polar surface area (TPSA) is 57.2 Å². The summed E-state index contributed by atoms with van der Waals surface area (Å²) in [5.41, 5.74) is 1.03. The van der Waals surface area contributed by atoms with Crippen molar-refractivity contribution >= 4 is 23.6 Å². The van der Waals surface area contributed by atoms with Crippen LogP contribution in [0.4, 0.5) is 0 Å². The molecule has 0 N–H and O–H groups in total. The zero-order valence-corrected chi connectivity index (χ0v) is 9.65. The zero-order valence-electron chi connectivity index (χ0n) is 8.83. The molecule has 2 aromatic rings. The van der Waals surface area contributed by atoms with Gasteiger partial charge in [-0.05, 0) is 23.1 Å². The Morgan fingerprint density at radius 2 is 2.12 bits per heavy atom. The molecule has 0 aliphatic heterocycles. The van der Waals surface area contributed by atoms with Crippen LogP contribution >= 0.6 is 11.3 Å². The molecule has 0 fully saturated rings. The fourth-order valence-electron chi connectivity index (χ4n) is 1.68. The SMILES string of the molecule is O=Cc1cccc(C(C(=O)[O-])c2cccs2)c1. The van der Waals surface area contributed by atoms with Crippen molar-refractivity contribution in [2.45, 2.75) is 5.92 Å². The highest BCUT2D eigenvalue weighted by Gasteiger charge is 2.16. The van der Waals surface area contributed by atoms with Gasteiger partial charge in [-0.3, -0.25) is 4.79 Å². The summed E-state index contributed by atoms with van der Waals surface area (Å²) in [4.78, 5) is 22.6. The highest BCUT2D eigenvalue weighted by Crippen LogP contribution is 2.28. The minimum absolute atomic E-state index is 0.463. The number of carboxylic acids is 1. The molecule has 86 valence electrons. The smallest absolute Gasteiger partial charge is 0.150 e. The lowest BCUT2D eigenvalue weighted by atomic mass is 9.96. The maximum atomic E-state index is 11.2. The molecule has 0 amide bonds. The molecule has 0 saturated heterocycles. The first-order chi connectivity index (χ1) is 8.22. The number of carbonyl (C=O) groups is 2. The van der Waals surface area contributed by atoms with Gasteiger partial charge in [-0.15, -0.1) is 11.3 Å². The van der Waals surface area contributed by atoms with Gasteiger partial charge in [0.1, 0.15) is 6.29 Å². The van der Waals surface area contributed by atoms with Gasteiger partial charge in [0.2, 0.25) is 0 Å². The van der Waals surface area contributed by atoms with Gasteiger partial charge in [0, 0.05) is 10.4 Å². The van der Waals surface area contributed by atoms with Crippen LogP contribution in [-0.4, -0.2) is 12.3 Å². The summed E-state index contributed by atoms with van der Waals surface area (Å²) >= 11 is 1.36. The summed E-state index contributed by atoms with van der Waals surface area (Å²) in [6, 6.07) is 10.1. The lowest BCUT2D eigenvalue weighted by Gasteiger charge is -2.17. The van der Waals surface area contributed by atoms with Crippen molar-refractivity contribution in [1.29, 1.82) is 0 Å². The van der Waals surface area contributed by atoms with Crippen molar-refractivity contribution < 1.29 is 14.7 Å². The van der Waals surface area contributed by atoms with Crippen molar-refractivity contribution in [3.8, 4) is 0 Å². The van der Waals surface area contributed by atoms with E-state index in [9.17, 15) is 14.7 Å². The second-order valence-corrected chi connectivity index (χ2v) is 4.53. The first kappa shape index (κ1) is 11.5. The molecule has 1 heterocycles. The van der Waals surface area contributed by atoms with E-state index in [1.165, 1.54) is 11.3 Å². The van der Waals surface area contributed by atoms with Crippen LogP contribution in [0.25, 0.3) is 0 Å². The van der Waals surface area contributed by atoms with Crippen LogP contribution in [0.2, 0.25) is 0 Å². The first-order valence-electron chi connectivity index (χ1n) is 5.02. The van der Waals surface area contributed by atoms with E-state index < -0.39 is 11.9 Å². The molecule has 17 heavy (non-hydrogen) atoms. The fraction of sp³-hybridized carbons (Fsp3) is 0.0769. The van der Waals surface area contributed by atoms with Gasteiger partial charge in [0.15, 0.2) is 0 Å². The molecular formula is C13H9O3S-. The highest BCUT2D eigenvalue weighted by molar-refractivity contribution is 7.10. The van der Waals surface area contributed by atoms with Gasteiger partial charge >= 0.3 is 0 Å². The van der Waals surface area contributed by atoms with E-state index in [-0.39, 0.29) is 0 Å². The summed E-state index contributed by atoms with van der Waals surface area (Å²) in [6.07, 6.45) is 0.699. The molecular weight excluding hydrogens is 236 g/mol. The summed E-state index contributed by atoms with van der Waals surface area (Å²) in [7, 11) is 0. The van der Waals surface area contributed by atoms with Gasteiger partial charge in [-0.2, -0.15) is 0 Å². The van der Waals surface area contributed by atoms with Gasteiger partial charge in [0.05, 0.1) is 11.9 Å². The quantitative estimate of drug-likeness (QED) is 0.766. The molecule has 0 radical (unpaired) electrons. The third kappa shape index (κ3) is 2.42. The van der Waals surface area contributed by atoms with Crippen molar-refractivity contribution in [3.05, 3.63) is 57.8 Å². The number of carbonyl (C=O) groups excluding carboxylic acids is 2. The molecule has 1 aromatic heterocycles. The molecule has 4 heteroatoms. The largest absolute Gasteiger partial charge is 0.549 e. The minimum Gasteiger partial charge on any atom is -0.549 e. The van der Waals surface area contributed by atoms with E-state index in [4.69, 9.17) is 0 Å². The summed E-state index contributed by atoms with van der Waals surface area (Å²) < 4.78 is 0. The standard InChI is InChI=1S/C13H10O3S/c14-8-9-3-1-4-10(7-9)12(13(15)16)11-5-2-6-17-11/h1-8,12H,(H,15,16)/p-1. The van der Waals surface area contributed by atoms with Gasteiger partial charge in [-0.25, -0.2) is 0 Å². The third-order valence-corrected chi connectivity index (χ3v) is 3.38. The Labute approximate surface area is 102 Å². The normalized spacial score (nSPS) is 12.0. The fourth-order valence-corrected chi connectivity index (χ4v) is 2.52. The maximum absolute atomic E-state index is 11.2. The predicted octanol–water partition coefficient (Wildman–Crippen LogP) is 1.44. The molecule has 2 rings (SSSR count). The molecule has 0 aliphatic carbocycles. The minimum atomic E-state index is -1.16. The number of rotatable bonds is 4. The Hall–Kier alpha value is -1.94. The second-order valence-electron chi connectivity index (χ2n) is 3.56. The highest BCUT2D eigenvalue weighted by atomic mass is 32.1. The van der Waals surface area contributed by atoms with E-state index >= 15 is 0 Å². The van der Waals surface area contributed by atoms with E-state index in [2.05, 4.69) is 0 Å². The average molecular weight is 245 g/mol. The second kappa shape index (κ2) is 4.93. The van der Waals surface area contributed by atoms with Crippen molar-refractivity contribution in [2.24, 2.45) is 0 Å². The van der Waals surface area contributed by atoms with Crippen LogP contribution in [0.1, 0.15) is 26.7 Å². The summed E-state index contributed by atoms with van der Waals surface area (Å²) in [6.45, 7) is 0. The molecule has 3 nitrogen and oxygen atoms in total. The first-order valence-corrected chi connectivity index (χ1v) is 5.89. The molecule has 0 aliphatic rings.